The van der Waals surface area contributed by atoms with Gasteiger partial charge in [-0.1, -0.05) is 44.9 Å². The number of aromatic nitrogens is 2. The van der Waals surface area contributed by atoms with Crippen molar-refractivity contribution in [3.63, 3.8) is 0 Å². The first kappa shape index (κ1) is 29.0. The third-order valence-electron chi connectivity index (χ3n) is 7.00. The van der Waals surface area contributed by atoms with Gasteiger partial charge >= 0.3 is 12.1 Å². The van der Waals surface area contributed by atoms with E-state index in [-0.39, 0.29) is 47.2 Å². The Hall–Kier alpha value is -2.59. The average Bonchev–Trinajstić information content (AvgIpc) is 3.45. The van der Waals surface area contributed by atoms with Crippen molar-refractivity contribution in [2.24, 2.45) is 5.41 Å². The number of amides is 1. The Kier molecular flexibility index (Phi) is 8.95. The maximum absolute atomic E-state index is 13.8. The summed E-state index contributed by atoms with van der Waals surface area (Å²) in [7, 11) is 0. The molecule has 2 fully saturated rings. The van der Waals surface area contributed by atoms with Crippen molar-refractivity contribution in [2.45, 2.75) is 70.6 Å². The van der Waals surface area contributed by atoms with Crippen LogP contribution in [-0.2, 0) is 11.0 Å². The van der Waals surface area contributed by atoms with E-state index < -0.39 is 29.7 Å². The van der Waals surface area contributed by atoms with Crippen LogP contribution in [0, 0.1) is 5.41 Å². The number of likely N-dealkylation sites (tertiary alicyclic amines) is 1. The van der Waals surface area contributed by atoms with Gasteiger partial charge in [-0.05, 0) is 36.8 Å². The molecule has 0 spiro atoms. The minimum Gasteiger partial charge on any atom is -0.481 e. The van der Waals surface area contributed by atoms with E-state index in [9.17, 15) is 27.9 Å². The highest BCUT2D eigenvalue weighted by atomic mass is 35.5. The van der Waals surface area contributed by atoms with Gasteiger partial charge in [0, 0.05) is 31.2 Å². The van der Waals surface area contributed by atoms with Crippen LogP contribution in [-0.4, -0.2) is 57.3 Å². The van der Waals surface area contributed by atoms with Crippen LogP contribution in [0.3, 0.4) is 0 Å². The van der Waals surface area contributed by atoms with E-state index >= 15 is 0 Å². The Labute approximate surface area is 220 Å². The number of rotatable bonds is 9. The SMILES string of the molecule is CC1(C)CN(CC[C@@H](CC(=O)O)NC(=O)c2cc(-c3ccccc3C(F)(F)F)n(C3CCCC3)n2)C1.Cl. The first-order chi connectivity index (χ1) is 16.9. The van der Waals surface area contributed by atoms with Gasteiger partial charge in [-0.25, -0.2) is 0 Å². The van der Waals surface area contributed by atoms with Gasteiger partial charge in [0.1, 0.15) is 0 Å². The molecule has 0 bridgehead atoms. The quantitative estimate of drug-likeness (QED) is 0.442. The number of aliphatic carboxylic acids is 1. The Morgan fingerprint density at radius 1 is 1.19 bits per heavy atom. The summed E-state index contributed by atoms with van der Waals surface area (Å²) >= 11 is 0. The standard InChI is InChI=1S/C26H33F3N4O3.ClH/c1-25(2)15-32(16-25)12-11-17(13-23(34)35)30-24(36)21-14-22(33(31-21)18-7-3-4-8-18)19-9-5-6-10-20(19)26(27,28)29;/h5-6,9-10,14,17-18H,3-4,7-8,11-13,15-16H2,1-2H3,(H,30,36)(H,34,35);1H/t17-;/m0./s1. The van der Waals surface area contributed by atoms with Crippen molar-refractivity contribution in [1.29, 1.82) is 0 Å². The molecule has 11 heteroatoms. The predicted molar refractivity (Wildman–Crippen MR) is 136 cm³/mol. The number of carbonyl (C=O) groups is 2. The molecule has 1 aromatic heterocycles. The third-order valence-corrected chi connectivity index (χ3v) is 7.00. The van der Waals surface area contributed by atoms with Crippen LogP contribution in [0.4, 0.5) is 13.2 Å². The number of hydrogen-bond acceptors (Lipinski definition) is 4. The topological polar surface area (TPSA) is 87.5 Å². The molecule has 1 atom stereocenters. The minimum atomic E-state index is -4.55. The first-order valence-electron chi connectivity index (χ1n) is 12.4. The zero-order chi connectivity index (χ0) is 26.1. The van der Waals surface area contributed by atoms with Gasteiger partial charge in [0.15, 0.2) is 5.69 Å². The van der Waals surface area contributed by atoms with Gasteiger partial charge in [0.05, 0.1) is 23.7 Å². The highest BCUT2D eigenvalue weighted by Gasteiger charge is 2.36. The number of carbonyl (C=O) groups excluding carboxylic acids is 1. The Morgan fingerprint density at radius 3 is 2.43 bits per heavy atom. The molecule has 2 aromatic rings. The molecule has 1 amide bonds. The van der Waals surface area contributed by atoms with Crippen LogP contribution in [0.15, 0.2) is 30.3 Å². The summed E-state index contributed by atoms with van der Waals surface area (Å²) in [4.78, 5) is 26.8. The van der Waals surface area contributed by atoms with Gasteiger partial charge in [-0.15, -0.1) is 12.4 Å². The monoisotopic (exact) mass is 542 g/mol. The van der Waals surface area contributed by atoms with Crippen molar-refractivity contribution >= 4 is 24.3 Å². The summed E-state index contributed by atoms with van der Waals surface area (Å²) in [5.41, 5.74) is -0.322. The maximum atomic E-state index is 13.8. The second kappa shape index (κ2) is 11.4. The van der Waals surface area contributed by atoms with Crippen molar-refractivity contribution in [1.82, 2.24) is 20.0 Å². The minimum absolute atomic E-state index is 0. The summed E-state index contributed by atoms with van der Waals surface area (Å²) < 4.78 is 42.9. The van der Waals surface area contributed by atoms with Crippen molar-refractivity contribution < 1.29 is 27.9 Å². The lowest BCUT2D eigenvalue weighted by atomic mass is 9.84. The van der Waals surface area contributed by atoms with E-state index in [2.05, 4.69) is 29.2 Å². The summed E-state index contributed by atoms with van der Waals surface area (Å²) in [5.74, 6) is -1.60. The van der Waals surface area contributed by atoms with Crippen LogP contribution in [0.25, 0.3) is 11.3 Å². The van der Waals surface area contributed by atoms with Crippen LogP contribution >= 0.6 is 12.4 Å². The zero-order valence-electron chi connectivity index (χ0n) is 21.1. The van der Waals surface area contributed by atoms with E-state index in [0.29, 0.717) is 13.0 Å². The number of alkyl halides is 3. The lowest BCUT2D eigenvalue weighted by Gasteiger charge is -2.46. The van der Waals surface area contributed by atoms with E-state index in [0.717, 1.165) is 44.8 Å². The highest BCUT2D eigenvalue weighted by Crippen LogP contribution is 2.40. The molecule has 1 aromatic carbocycles. The Bertz CT molecular complexity index is 1100. The molecule has 0 unspecified atom stereocenters. The molecular weight excluding hydrogens is 509 g/mol. The van der Waals surface area contributed by atoms with Gasteiger partial charge in [-0.2, -0.15) is 18.3 Å². The van der Waals surface area contributed by atoms with Crippen LogP contribution in [0.1, 0.15) is 74.5 Å². The van der Waals surface area contributed by atoms with Gasteiger partial charge in [0.25, 0.3) is 5.91 Å². The zero-order valence-corrected chi connectivity index (χ0v) is 21.9. The normalized spacial score (nSPS) is 18.6. The fraction of sp³-hybridized carbons (Fsp3) is 0.577. The third kappa shape index (κ3) is 7.04. The average molecular weight is 543 g/mol. The fourth-order valence-electron chi connectivity index (χ4n) is 5.44. The highest BCUT2D eigenvalue weighted by molar-refractivity contribution is 5.94. The van der Waals surface area contributed by atoms with Crippen molar-refractivity contribution in [3.05, 3.63) is 41.6 Å². The molecule has 1 aliphatic heterocycles. The summed E-state index contributed by atoms with van der Waals surface area (Å²) in [5, 5.41) is 16.6. The van der Waals surface area contributed by atoms with Crippen LogP contribution < -0.4 is 5.32 Å². The van der Waals surface area contributed by atoms with E-state index in [1.54, 1.807) is 4.68 Å². The molecule has 37 heavy (non-hydrogen) atoms. The second-order valence-electron chi connectivity index (χ2n) is 10.8. The lowest BCUT2D eigenvalue weighted by Crippen LogP contribution is -2.54. The van der Waals surface area contributed by atoms with Gasteiger partial charge in [0.2, 0.25) is 0 Å². The van der Waals surface area contributed by atoms with E-state index in [4.69, 9.17) is 0 Å². The molecule has 1 saturated carbocycles. The molecular formula is C26H34ClF3N4O3. The summed E-state index contributed by atoms with van der Waals surface area (Å²) in [6.07, 6.45) is -0.893. The first-order valence-corrected chi connectivity index (χ1v) is 12.4. The molecule has 1 aliphatic carbocycles. The van der Waals surface area contributed by atoms with Gasteiger partial charge in [-0.3, -0.25) is 14.3 Å². The Morgan fingerprint density at radius 2 is 1.84 bits per heavy atom. The van der Waals surface area contributed by atoms with Crippen LogP contribution in [0.2, 0.25) is 0 Å². The molecule has 2 heterocycles. The van der Waals surface area contributed by atoms with Gasteiger partial charge < -0.3 is 15.3 Å². The molecule has 2 aliphatic rings. The second-order valence-corrected chi connectivity index (χ2v) is 10.8. The summed E-state index contributed by atoms with van der Waals surface area (Å²) in [6, 6.07) is 6.00. The maximum Gasteiger partial charge on any atom is 0.417 e. The van der Waals surface area contributed by atoms with Crippen molar-refractivity contribution in [2.75, 3.05) is 19.6 Å². The number of halogens is 4. The molecule has 2 N–H and O–H groups in total. The van der Waals surface area contributed by atoms with Crippen LogP contribution in [0.5, 0.6) is 0 Å². The number of hydrogen-bond donors (Lipinski definition) is 2. The van der Waals surface area contributed by atoms with E-state index in [1.165, 1.54) is 24.3 Å². The number of carboxylic acids is 1. The molecule has 7 nitrogen and oxygen atoms in total. The lowest BCUT2D eigenvalue weighted by molar-refractivity contribution is -0.138. The Balaban J connectivity index is 0.00000380. The molecule has 4 rings (SSSR count). The number of nitrogens with zero attached hydrogens (tertiary/aromatic N) is 3. The largest absolute Gasteiger partial charge is 0.481 e. The number of benzene rings is 1. The summed E-state index contributed by atoms with van der Waals surface area (Å²) in [6.45, 7) is 6.80. The van der Waals surface area contributed by atoms with E-state index in [1.807, 2.05) is 0 Å². The smallest absolute Gasteiger partial charge is 0.417 e. The number of nitrogens with one attached hydrogen (secondary N) is 1. The molecule has 1 saturated heterocycles. The van der Waals surface area contributed by atoms with Crippen molar-refractivity contribution in [3.8, 4) is 11.3 Å². The fourth-order valence-corrected chi connectivity index (χ4v) is 5.44. The number of carboxylic acid groups (broad SMARTS) is 1. The molecule has 0 radical (unpaired) electrons. The predicted octanol–water partition coefficient (Wildman–Crippen LogP) is 5.41. The molecule has 204 valence electrons.